The summed E-state index contributed by atoms with van der Waals surface area (Å²) in [7, 11) is 0. The van der Waals surface area contributed by atoms with E-state index < -0.39 is 6.09 Å². The van der Waals surface area contributed by atoms with Gasteiger partial charge in [0.2, 0.25) is 0 Å². The summed E-state index contributed by atoms with van der Waals surface area (Å²) in [5.41, 5.74) is 1.49. The van der Waals surface area contributed by atoms with Gasteiger partial charge < -0.3 is 10.1 Å². The summed E-state index contributed by atoms with van der Waals surface area (Å²) >= 11 is 17.9. The van der Waals surface area contributed by atoms with Crippen LogP contribution in [0.1, 0.15) is 17.5 Å². The van der Waals surface area contributed by atoms with Crippen LogP contribution in [0, 0.1) is 11.8 Å². The smallest absolute Gasteiger partial charge is 0.407 e. The van der Waals surface area contributed by atoms with E-state index in [1.54, 1.807) is 12.1 Å². The number of ether oxygens (including phenoxy) is 1. The number of amides is 1. The van der Waals surface area contributed by atoms with Crippen LogP contribution < -0.4 is 5.32 Å². The van der Waals surface area contributed by atoms with E-state index in [4.69, 9.17) is 39.5 Å². The first-order chi connectivity index (χ1) is 11.6. The van der Waals surface area contributed by atoms with E-state index in [1.165, 1.54) is 0 Å². The molecule has 0 radical (unpaired) electrons. The van der Waals surface area contributed by atoms with E-state index in [2.05, 4.69) is 17.2 Å². The molecule has 0 spiro atoms. The first-order valence-electron chi connectivity index (χ1n) is 7.14. The Labute approximate surface area is 155 Å². The lowest BCUT2D eigenvalue weighted by Gasteiger charge is -2.05. The van der Waals surface area contributed by atoms with Crippen molar-refractivity contribution in [3.05, 3.63) is 68.7 Å². The standard InChI is InChI=1S/C18H14Cl3NO2/c19-15-10-14(17(21)16(20)11-15)8-4-5-9-22-18(23)24-12-13-6-2-1-3-7-13/h1-3,6-7,10-11H,5,9,12H2,(H,22,23). The maximum Gasteiger partial charge on any atom is 0.407 e. The minimum Gasteiger partial charge on any atom is -0.445 e. The number of rotatable bonds is 4. The third kappa shape index (κ3) is 5.98. The molecule has 3 nitrogen and oxygen atoms in total. The monoisotopic (exact) mass is 381 g/mol. The van der Waals surface area contributed by atoms with Gasteiger partial charge in [-0.3, -0.25) is 0 Å². The SMILES string of the molecule is O=C(NCCC#Cc1cc(Cl)cc(Cl)c1Cl)OCc1ccccc1. The summed E-state index contributed by atoms with van der Waals surface area (Å²) < 4.78 is 5.09. The van der Waals surface area contributed by atoms with Crippen LogP contribution in [0.2, 0.25) is 15.1 Å². The second-order valence-electron chi connectivity index (χ2n) is 4.79. The fourth-order valence-corrected chi connectivity index (χ4v) is 2.46. The molecule has 2 rings (SSSR count). The van der Waals surface area contributed by atoms with Crippen molar-refractivity contribution in [2.45, 2.75) is 13.0 Å². The van der Waals surface area contributed by atoms with Crippen molar-refractivity contribution in [3.8, 4) is 11.8 Å². The van der Waals surface area contributed by atoms with Crippen LogP contribution in [0.3, 0.4) is 0 Å². The molecule has 1 amide bonds. The van der Waals surface area contributed by atoms with Crippen molar-refractivity contribution in [1.29, 1.82) is 0 Å². The lowest BCUT2D eigenvalue weighted by Crippen LogP contribution is -2.24. The molecule has 6 heteroatoms. The number of halogens is 3. The number of alkyl carbamates (subject to hydrolysis) is 1. The Morgan fingerprint density at radius 1 is 1.12 bits per heavy atom. The average Bonchev–Trinajstić information content (AvgIpc) is 2.57. The maximum atomic E-state index is 11.6. The van der Waals surface area contributed by atoms with Crippen molar-refractivity contribution in [3.63, 3.8) is 0 Å². The van der Waals surface area contributed by atoms with Gasteiger partial charge in [-0.05, 0) is 17.7 Å². The van der Waals surface area contributed by atoms with Crippen LogP contribution in [0.15, 0.2) is 42.5 Å². The molecular weight excluding hydrogens is 369 g/mol. The molecule has 2 aromatic carbocycles. The predicted octanol–water partition coefficient (Wildman–Crippen LogP) is 5.31. The molecule has 2 aromatic rings. The van der Waals surface area contributed by atoms with E-state index in [-0.39, 0.29) is 6.61 Å². The van der Waals surface area contributed by atoms with Gasteiger partial charge in [-0.25, -0.2) is 4.79 Å². The van der Waals surface area contributed by atoms with Crippen LogP contribution in [0.5, 0.6) is 0 Å². The first kappa shape index (κ1) is 18.5. The molecule has 0 saturated heterocycles. The first-order valence-corrected chi connectivity index (χ1v) is 8.27. The Hall–Kier alpha value is -1.86. The normalized spacial score (nSPS) is 9.79. The Bertz CT molecular complexity index is 767. The molecule has 0 aliphatic rings. The third-order valence-electron chi connectivity index (χ3n) is 2.95. The number of nitrogens with one attached hydrogen (secondary N) is 1. The van der Waals surface area contributed by atoms with Crippen molar-refractivity contribution >= 4 is 40.9 Å². The Morgan fingerprint density at radius 2 is 1.88 bits per heavy atom. The van der Waals surface area contributed by atoms with Gasteiger partial charge in [-0.1, -0.05) is 77.0 Å². The van der Waals surface area contributed by atoms with Gasteiger partial charge >= 0.3 is 6.09 Å². The van der Waals surface area contributed by atoms with Crippen molar-refractivity contribution in [1.82, 2.24) is 5.32 Å². The number of benzene rings is 2. The number of carbonyl (C=O) groups excluding carboxylic acids is 1. The van der Waals surface area contributed by atoms with Crippen LogP contribution in [-0.4, -0.2) is 12.6 Å². The molecule has 0 aliphatic heterocycles. The zero-order valence-corrected chi connectivity index (χ0v) is 14.9. The molecule has 0 fully saturated rings. The average molecular weight is 383 g/mol. The summed E-state index contributed by atoms with van der Waals surface area (Å²) in [6.45, 7) is 0.599. The number of hydrogen-bond donors (Lipinski definition) is 1. The van der Waals surface area contributed by atoms with Crippen molar-refractivity contribution < 1.29 is 9.53 Å². The molecule has 1 N–H and O–H groups in total. The van der Waals surface area contributed by atoms with Gasteiger partial charge in [0.05, 0.1) is 10.0 Å². The van der Waals surface area contributed by atoms with E-state index in [1.807, 2.05) is 30.3 Å². The highest BCUT2D eigenvalue weighted by Crippen LogP contribution is 2.29. The maximum absolute atomic E-state index is 11.6. The zero-order valence-electron chi connectivity index (χ0n) is 12.6. The molecule has 124 valence electrons. The lowest BCUT2D eigenvalue weighted by molar-refractivity contribution is 0.140. The van der Waals surface area contributed by atoms with Gasteiger partial charge in [0.1, 0.15) is 6.61 Å². The largest absolute Gasteiger partial charge is 0.445 e. The summed E-state index contributed by atoms with van der Waals surface area (Å²) in [5, 5.41) is 3.82. The number of carbonyl (C=O) groups is 1. The molecule has 0 aliphatic carbocycles. The van der Waals surface area contributed by atoms with E-state index in [9.17, 15) is 4.79 Å². The Balaban J connectivity index is 1.74. The quantitative estimate of drug-likeness (QED) is 0.442. The van der Waals surface area contributed by atoms with Gasteiger partial charge in [0, 0.05) is 23.6 Å². The van der Waals surface area contributed by atoms with Crippen LogP contribution in [0.4, 0.5) is 4.79 Å². The lowest BCUT2D eigenvalue weighted by atomic mass is 10.2. The Morgan fingerprint density at radius 3 is 2.62 bits per heavy atom. The van der Waals surface area contributed by atoms with Crippen LogP contribution in [-0.2, 0) is 11.3 Å². The van der Waals surface area contributed by atoms with Gasteiger partial charge in [0.15, 0.2) is 0 Å². The minimum absolute atomic E-state index is 0.231. The molecule has 0 saturated carbocycles. The topological polar surface area (TPSA) is 38.3 Å². The van der Waals surface area contributed by atoms with Gasteiger partial charge in [-0.15, -0.1) is 0 Å². The summed E-state index contributed by atoms with van der Waals surface area (Å²) in [6, 6.07) is 12.7. The highest BCUT2D eigenvalue weighted by atomic mass is 35.5. The highest BCUT2D eigenvalue weighted by Gasteiger charge is 2.04. The van der Waals surface area contributed by atoms with Gasteiger partial charge in [0.25, 0.3) is 0 Å². The highest BCUT2D eigenvalue weighted by molar-refractivity contribution is 6.43. The molecule has 0 heterocycles. The second kappa shape index (κ2) is 9.44. The molecule has 0 unspecified atom stereocenters. The van der Waals surface area contributed by atoms with E-state index in [0.717, 1.165) is 5.56 Å². The predicted molar refractivity (Wildman–Crippen MR) is 97.6 cm³/mol. The number of hydrogen-bond acceptors (Lipinski definition) is 2. The zero-order chi connectivity index (χ0) is 17.4. The van der Waals surface area contributed by atoms with E-state index >= 15 is 0 Å². The van der Waals surface area contributed by atoms with E-state index in [0.29, 0.717) is 33.6 Å². The summed E-state index contributed by atoms with van der Waals surface area (Å²) in [4.78, 5) is 11.6. The molecule has 0 bridgehead atoms. The van der Waals surface area contributed by atoms with Crippen LogP contribution >= 0.6 is 34.8 Å². The second-order valence-corrected chi connectivity index (χ2v) is 6.01. The molecule has 0 atom stereocenters. The van der Waals surface area contributed by atoms with Crippen molar-refractivity contribution in [2.24, 2.45) is 0 Å². The minimum atomic E-state index is -0.482. The fourth-order valence-electron chi connectivity index (χ4n) is 1.81. The summed E-state index contributed by atoms with van der Waals surface area (Å²) in [5.74, 6) is 5.79. The van der Waals surface area contributed by atoms with Gasteiger partial charge in [-0.2, -0.15) is 0 Å². The van der Waals surface area contributed by atoms with Crippen LogP contribution in [0.25, 0.3) is 0 Å². The third-order valence-corrected chi connectivity index (χ3v) is 3.97. The Kier molecular flexibility index (Phi) is 7.27. The molecule has 24 heavy (non-hydrogen) atoms. The fraction of sp³-hybridized carbons (Fsp3) is 0.167. The van der Waals surface area contributed by atoms with Crippen molar-refractivity contribution in [2.75, 3.05) is 6.54 Å². The molecule has 0 aromatic heterocycles. The summed E-state index contributed by atoms with van der Waals surface area (Å²) in [6.07, 6.45) is -0.0366. The molecular formula is C18H14Cl3NO2.